The highest BCUT2D eigenvalue weighted by Gasteiger charge is 2.27. The normalized spacial score (nSPS) is 15.8. The van der Waals surface area contributed by atoms with E-state index in [-0.39, 0.29) is 53.2 Å². The molecule has 2 aromatic rings. The van der Waals surface area contributed by atoms with Crippen LogP contribution in [0.1, 0.15) is 50.3 Å². The Morgan fingerprint density at radius 2 is 1.88 bits per heavy atom. The molecule has 1 saturated heterocycles. The Hall–Kier alpha value is -4.46. The molecule has 0 aromatic heterocycles. The fraction of sp³-hybridized carbons (Fsp3) is 0.379. The zero-order chi connectivity index (χ0) is 29.4. The molecule has 9 nitrogen and oxygen atoms in total. The number of hydrogen-bond acceptors (Lipinski definition) is 7. The molecule has 2 aromatic carbocycles. The average Bonchev–Trinajstić information content (AvgIpc) is 2.89. The molecule has 3 rings (SSSR count). The maximum absolute atomic E-state index is 14.6. The highest BCUT2D eigenvalue weighted by molar-refractivity contribution is 6.18. The first-order valence-electron chi connectivity index (χ1n) is 12.8. The monoisotopic (exact) mass is 553 g/mol. The Balaban J connectivity index is 1.86. The van der Waals surface area contributed by atoms with Gasteiger partial charge in [0.1, 0.15) is 17.5 Å². The summed E-state index contributed by atoms with van der Waals surface area (Å²) < 4.78 is 39.4. The third-order valence-electron chi connectivity index (χ3n) is 6.17. The standard InChI is InChI=1S/C29H33F2N5O4/c1-29(2,3)40-28(38)35-21-6-5-11-36(17-21)26(37)16-34-27(19-9-10-25(39-4)24(31)13-19)22(15-33)18-7-8-20(14-32)23(30)12-18/h7-10,12-13,15,21,33-34H,5-6,11,16-17H2,1-4H3,(H,35,38)/b27-22+,33-15?/t21-/m1/s1. The molecule has 0 aliphatic carbocycles. The van der Waals surface area contributed by atoms with Crippen LogP contribution in [-0.2, 0) is 9.53 Å². The lowest BCUT2D eigenvalue weighted by Gasteiger charge is -2.34. The SMILES string of the molecule is COc1ccc(/C(NCC(=O)N2CCC[C@@H](NC(=O)OC(C)(C)C)C2)=C(/C=N)c2ccc(C#N)c(F)c2)cc1F. The number of allylic oxidation sites excluding steroid dienone is 1. The molecule has 1 aliphatic rings. The Morgan fingerprint density at radius 3 is 2.48 bits per heavy atom. The number of hydrogen-bond donors (Lipinski definition) is 3. The molecule has 3 N–H and O–H groups in total. The van der Waals surface area contributed by atoms with Crippen molar-refractivity contribution in [3.8, 4) is 11.8 Å². The Bertz CT molecular complexity index is 1350. The van der Waals surface area contributed by atoms with Crippen molar-refractivity contribution in [2.24, 2.45) is 0 Å². The van der Waals surface area contributed by atoms with E-state index >= 15 is 0 Å². The van der Waals surface area contributed by atoms with E-state index < -0.39 is 23.3 Å². The van der Waals surface area contributed by atoms with E-state index in [1.54, 1.807) is 37.8 Å². The number of ether oxygens (including phenoxy) is 2. The van der Waals surface area contributed by atoms with Crippen molar-refractivity contribution in [3.05, 3.63) is 64.7 Å². The minimum absolute atomic E-state index is 0.0110. The second-order valence-corrected chi connectivity index (χ2v) is 10.3. The molecule has 2 amide bonds. The largest absolute Gasteiger partial charge is 0.494 e. The van der Waals surface area contributed by atoms with Gasteiger partial charge in [-0.1, -0.05) is 6.07 Å². The smallest absolute Gasteiger partial charge is 0.407 e. The Morgan fingerprint density at radius 1 is 1.18 bits per heavy atom. The van der Waals surface area contributed by atoms with Gasteiger partial charge in [0.05, 0.1) is 24.9 Å². The summed E-state index contributed by atoms with van der Waals surface area (Å²) in [6.45, 7) is 5.87. The van der Waals surface area contributed by atoms with Gasteiger partial charge in [-0.2, -0.15) is 5.26 Å². The molecule has 40 heavy (non-hydrogen) atoms. The van der Waals surface area contributed by atoms with E-state index in [2.05, 4.69) is 10.6 Å². The Kier molecular flexibility index (Phi) is 9.82. The third-order valence-corrected chi connectivity index (χ3v) is 6.17. The van der Waals surface area contributed by atoms with Crippen LogP contribution >= 0.6 is 0 Å². The number of carbonyl (C=O) groups excluding carboxylic acids is 2. The summed E-state index contributed by atoms with van der Waals surface area (Å²) >= 11 is 0. The van der Waals surface area contributed by atoms with Crippen molar-refractivity contribution in [1.29, 1.82) is 10.7 Å². The number of amides is 2. The molecule has 0 saturated carbocycles. The summed E-state index contributed by atoms with van der Waals surface area (Å²) in [6.07, 6.45) is 1.78. The van der Waals surface area contributed by atoms with Crippen molar-refractivity contribution in [1.82, 2.24) is 15.5 Å². The summed E-state index contributed by atoms with van der Waals surface area (Å²) in [7, 11) is 1.33. The maximum Gasteiger partial charge on any atom is 0.407 e. The van der Waals surface area contributed by atoms with Crippen LogP contribution in [0.4, 0.5) is 13.6 Å². The van der Waals surface area contributed by atoms with Gasteiger partial charge in [-0.15, -0.1) is 0 Å². The predicted octanol–water partition coefficient (Wildman–Crippen LogP) is 4.47. The minimum atomic E-state index is -0.771. The zero-order valence-electron chi connectivity index (χ0n) is 22.9. The Labute approximate surface area is 232 Å². The van der Waals surface area contributed by atoms with Crippen LogP contribution < -0.4 is 15.4 Å². The maximum atomic E-state index is 14.6. The van der Waals surface area contributed by atoms with Crippen molar-refractivity contribution >= 4 is 29.5 Å². The van der Waals surface area contributed by atoms with Crippen LogP contribution in [-0.4, -0.2) is 61.5 Å². The number of nitrogens with zero attached hydrogens (tertiary/aromatic N) is 2. The van der Waals surface area contributed by atoms with Gasteiger partial charge in [0.25, 0.3) is 0 Å². The molecule has 1 fully saturated rings. The average molecular weight is 554 g/mol. The second-order valence-electron chi connectivity index (χ2n) is 10.3. The van der Waals surface area contributed by atoms with Crippen LogP contribution in [0.2, 0.25) is 0 Å². The lowest BCUT2D eigenvalue weighted by atomic mass is 9.98. The first-order valence-corrected chi connectivity index (χ1v) is 12.8. The number of nitriles is 1. The summed E-state index contributed by atoms with van der Waals surface area (Å²) in [5, 5.41) is 22.9. The summed E-state index contributed by atoms with van der Waals surface area (Å²) in [5.41, 5.74) is 0.160. The third kappa shape index (κ3) is 7.79. The number of piperidine rings is 1. The molecule has 212 valence electrons. The number of likely N-dealkylation sites (tertiary alicyclic amines) is 1. The first-order chi connectivity index (χ1) is 18.9. The predicted molar refractivity (Wildman–Crippen MR) is 147 cm³/mol. The molecule has 0 bridgehead atoms. The minimum Gasteiger partial charge on any atom is -0.494 e. The fourth-order valence-electron chi connectivity index (χ4n) is 4.32. The van der Waals surface area contributed by atoms with E-state index in [9.17, 15) is 18.4 Å². The number of rotatable bonds is 8. The zero-order valence-corrected chi connectivity index (χ0v) is 22.9. The lowest BCUT2D eigenvalue weighted by molar-refractivity contribution is -0.131. The van der Waals surface area contributed by atoms with Gasteiger partial charge < -0.3 is 30.4 Å². The quantitative estimate of drug-likeness (QED) is 0.327. The molecule has 1 aliphatic heterocycles. The van der Waals surface area contributed by atoms with Crippen molar-refractivity contribution in [2.45, 2.75) is 45.3 Å². The van der Waals surface area contributed by atoms with E-state index in [0.29, 0.717) is 24.9 Å². The number of methoxy groups -OCH3 is 1. The molecule has 11 heteroatoms. The van der Waals surface area contributed by atoms with Gasteiger partial charge in [-0.05, 0) is 69.5 Å². The van der Waals surface area contributed by atoms with Crippen molar-refractivity contribution in [2.75, 3.05) is 26.7 Å². The summed E-state index contributed by atoms with van der Waals surface area (Å²) in [4.78, 5) is 27.0. The molecular weight excluding hydrogens is 520 g/mol. The van der Waals surface area contributed by atoms with Crippen LogP contribution in [0.25, 0.3) is 11.3 Å². The van der Waals surface area contributed by atoms with Crippen LogP contribution in [0, 0.1) is 28.4 Å². The second kappa shape index (κ2) is 13.1. The topological polar surface area (TPSA) is 128 Å². The van der Waals surface area contributed by atoms with Gasteiger partial charge in [0.2, 0.25) is 5.91 Å². The van der Waals surface area contributed by atoms with Crippen molar-refractivity contribution < 1.29 is 27.8 Å². The van der Waals surface area contributed by atoms with Gasteiger partial charge in [0.15, 0.2) is 11.6 Å². The molecule has 0 radical (unpaired) electrons. The molecule has 0 spiro atoms. The highest BCUT2D eigenvalue weighted by Crippen LogP contribution is 2.28. The van der Waals surface area contributed by atoms with Gasteiger partial charge >= 0.3 is 6.09 Å². The van der Waals surface area contributed by atoms with Crippen molar-refractivity contribution in [3.63, 3.8) is 0 Å². The van der Waals surface area contributed by atoms with E-state index in [1.165, 1.54) is 31.4 Å². The molecule has 1 heterocycles. The number of alkyl carbamates (subject to hydrolysis) is 1. The van der Waals surface area contributed by atoms with Crippen LogP contribution in [0.3, 0.4) is 0 Å². The summed E-state index contributed by atoms with van der Waals surface area (Å²) in [5.74, 6) is -1.70. The van der Waals surface area contributed by atoms with Gasteiger partial charge in [-0.25, -0.2) is 13.6 Å². The molecular formula is C29H33F2N5O4. The van der Waals surface area contributed by atoms with E-state index in [0.717, 1.165) is 12.3 Å². The molecule has 0 unspecified atom stereocenters. The summed E-state index contributed by atoms with van der Waals surface area (Å²) in [6, 6.07) is 9.50. The lowest BCUT2D eigenvalue weighted by Crippen LogP contribution is -2.52. The number of halogens is 2. The highest BCUT2D eigenvalue weighted by atomic mass is 19.1. The van der Waals surface area contributed by atoms with Gasteiger partial charge in [-0.3, -0.25) is 4.79 Å². The van der Waals surface area contributed by atoms with E-state index in [4.69, 9.17) is 20.1 Å². The number of nitrogens with one attached hydrogen (secondary N) is 3. The number of benzene rings is 2. The van der Waals surface area contributed by atoms with E-state index in [1.807, 2.05) is 0 Å². The van der Waals surface area contributed by atoms with Crippen LogP contribution in [0.5, 0.6) is 5.75 Å². The van der Waals surface area contributed by atoms with Crippen LogP contribution in [0.15, 0.2) is 36.4 Å². The van der Waals surface area contributed by atoms with Gasteiger partial charge in [0, 0.05) is 36.5 Å². The first kappa shape index (κ1) is 30.1. The molecule has 1 atom stereocenters. The fourth-order valence-corrected chi connectivity index (χ4v) is 4.32. The number of carbonyl (C=O) groups is 2.